The van der Waals surface area contributed by atoms with Crippen LogP contribution in [0.3, 0.4) is 0 Å². The van der Waals surface area contributed by atoms with Crippen molar-refractivity contribution >= 4 is 6.34 Å². The highest BCUT2D eigenvalue weighted by Gasteiger charge is 2.41. The zero-order chi connectivity index (χ0) is 7.78. The minimum absolute atomic E-state index is 0.266. The van der Waals surface area contributed by atoms with Crippen molar-refractivity contribution in [3.05, 3.63) is 0 Å². The summed E-state index contributed by atoms with van der Waals surface area (Å²) in [5.41, 5.74) is 2.34. The molecule has 0 atom stereocenters. The van der Waals surface area contributed by atoms with Crippen LogP contribution in [0.4, 0.5) is 8.78 Å². The van der Waals surface area contributed by atoms with Crippen LogP contribution in [-0.2, 0) is 0 Å². The van der Waals surface area contributed by atoms with E-state index < -0.39 is 6.17 Å². The largest absolute Gasteiger partial charge is 0.426 e. The number of hydrazine groups is 1. The lowest BCUT2D eigenvalue weighted by molar-refractivity contribution is -0.154. The first-order valence-electron chi connectivity index (χ1n) is 3.01. The zero-order valence-electron chi connectivity index (χ0n) is 5.81. The fourth-order valence-electron chi connectivity index (χ4n) is 0.768. The minimum atomic E-state index is -3.08. The van der Waals surface area contributed by atoms with E-state index in [2.05, 4.69) is 10.4 Å². The molecule has 1 N–H and O–H groups in total. The standard InChI is InChI=1S/C5H9F2N3/c1-4(2)10-5(6,7)8-3-9-10/h3-4H,1-2H3,(H,8,9). The van der Waals surface area contributed by atoms with Crippen LogP contribution in [0, 0.1) is 0 Å². The molecule has 0 amide bonds. The topological polar surface area (TPSA) is 27.6 Å². The lowest BCUT2D eigenvalue weighted by atomic mass is 10.4. The predicted molar refractivity (Wildman–Crippen MR) is 33.5 cm³/mol. The van der Waals surface area contributed by atoms with Crippen LogP contribution < -0.4 is 5.43 Å². The van der Waals surface area contributed by atoms with Crippen molar-refractivity contribution in [2.75, 3.05) is 0 Å². The summed E-state index contributed by atoms with van der Waals surface area (Å²) in [5.74, 6) is 0. The van der Waals surface area contributed by atoms with Crippen LogP contribution in [-0.4, -0.2) is 23.6 Å². The third kappa shape index (κ3) is 1.09. The summed E-state index contributed by atoms with van der Waals surface area (Å²) in [7, 11) is 0. The quantitative estimate of drug-likeness (QED) is 0.558. The van der Waals surface area contributed by atoms with Gasteiger partial charge < -0.3 is 5.43 Å². The number of alkyl halides is 2. The maximum atomic E-state index is 12.5. The van der Waals surface area contributed by atoms with Crippen molar-refractivity contribution < 1.29 is 8.78 Å². The van der Waals surface area contributed by atoms with Gasteiger partial charge in [0.1, 0.15) is 6.34 Å². The van der Waals surface area contributed by atoms with Crippen molar-refractivity contribution in [2.45, 2.75) is 26.1 Å². The van der Waals surface area contributed by atoms with E-state index in [4.69, 9.17) is 0 Å². The molecule has 1 aliphatic heterocycles. The van der Waals surface area contributed by atoms with E-state index in [0.29, 0.717) is 0 Å². The summed E-state index contributed by atoms with van der Waals surface area (Å²) in [6.45, 7) is 3.32. The Morgan fingerprint density at radius 3 is 2.40 bits per heavy atom. The number of hydrogen-bond acceptors (Lipinski definition) is 3. The molecule has 0 spiro atoms. The molecule has 0 fully saturated rings. The van der Waals surface area contributed by atoms with Gasteiger partial charge in [-0.1, -0.05) is 0 Å². The molecule has 10 heavy (non-hydrogen) atoms. The molecular formula is C5H9F2N3. The number of aliphatic imine (C=N–C) groups is 1. The van der Waals surface area contributed by atoms with Gasteiger partial charge in [0.15, 0.2) is 0 Å². The van der Waals surface area contributed by atoms with Gasteiger partial charge in [-0.2, -0.15) is 13.8 Å². The summed E-state index contributed by atoms with van der Waals surface area (Å²) in [6, 6.07) is -0.266. The summed E-state index contributed by atoms with van der Waals surface area (Å²) in [5, 5.41) is 0.785. The third-order valence-electron chi connectivity index (χ3n) is 1.22. The van der Waals surface area contributed by atoms with Crippen molar-refractivity contribution in [3.8, 4) is 0 Å². The van der Waals surface area contributed by atoms with Gasteiger partial charge in [-0.15, -0.1) is 5.01 Å². The Labute approximate surface area is 57.7 Å². The van der Waals surface area contributed by atoms with Crippen molar-refractivity contribution in [1.82, 2.24) is 10.4 Å². The van der Waals surface area contributed by atoms with Crippen molar-refractivity contribution in [1.29, 1.82) is 0 Å². The second-order valence-corrected chi connectivity index (χ2v) is 2.36. The number of nitrogens with zero attached hydrogens (tertiary/aromatic N) is 2. The Morgan fingerprint density at radius 1 is 1.60 bits per heavy atom. The molecular weight excluding hydrogens is 140 g/mol. The fraction of sp³-hybridized carbons (Fsp3) is 0.800. The predicted octanol–water partition coefficient (Wildman–Crippen LogP) is 0.794. The van der Waals surface area contributed by atoms with Gasteiger partial charge in [-0.05, 0) is 13.8 Å². The van der Waals surface area contributed by atoms with E-state index >= 15 is 0 Å². The summed E-state index contributed by atoms with van der Waals surface area (Å²) in [4.78, 5) is 2.93. The van der Waals surface area contributed by atoms with E-state index in [-0.39, 0.29) is 6.04 Å². The molecule has 0 unspecified atom stereocenters. The number of halogens is 2. The fourth-order valence-corrected chi connectivity index (χ4v) is 0.768. The maximum Gasteiger partial charge on any atom is 0.426 e. The van der Waals surface area contributed by atoms with Gasteiger partial charge in [-0.25, -0.2) is 0 Å². The van der Waals surface area contributed by atoms with E-state index in [1.165, 1.54) is 0 Å². The Balaban J connectivity index is 2.66. The normalized spacial score (nSPS) is 23.7. The van der Waals surface area contributed by atoms with Crippen LogP contribution in [0.5, 0.6) is 0 Å². The first-order chi connectivity index (χ1) is 4.54. The molecule has 1 heterocycles. The molecule has 1 rings (SSSR count). The first-order valence-corrected chi connectivity index (χ1v) is 3.01. The zero-order valence-corrected chi connectivity index (χ0v) is 5.81. The number of nitrogens with one attached hydrogen (secondary N) is 1. The van der Waals surface area contributed by atoms with Crippen LogP contribution in [0.2, 0.25) is 0 Å². The van der Waals surface area contributed by atoms with Gasteiger partial charge >= 0.3 is 6.17 Å². The molecule has 5 heteroatoms. The smallest absolute Gasteiger partial charge is 0.303 e. The Hall–Kier alpha value is -0.710. The van der Waals surface area contributed by atoms with Crippen LogP contribution >= 0.6 is 0 Å². The summed E-state index contributed by atoms with van der Waals surface area (Å²) < 4.78 is 25.1. The lowest BCUT2D eigenvalue weighted by Gasteiger charge is -2.24. The van der Waals surface area contributed by atoms with Crippen molar-refractivity contribution in [3.63, 3.8) is 0 Å². The molecule has 0 saturated carbocycles. The molecule has 58 valence electrons. The molecule has 0 saturated heterocycles. The average molecular weight is 149 g/mol. The number of rotatable bonds is 1. The number of hydrogen-bond donors (Lipinski definition) is 1. The highest BCUT2D eigenvalue weighted by molar-refractivity contribution is 5.56. The van der Waals surface area contributed by atoms with Crippen LogP contribution in [0.15, 0.2) is 4.99 Å². The van der Waals surface area contributed by atoms with Gasteiger partial charge in [0.05, 0.1) is 0 Å². The van der Waals surface area contributed by atoms with E-state index in [1.807, 2.05) is 0 Å². The van der Waals surface area contributed by atoms with Gasteiger partial charge in [0.25, 0.3) is 0 Å². The van der Waals surface area contributed by atoms with E-state index in [1.54, 1.807) is 13.8 Å². The first kappa shape index (κ1) is 7.40. The Kier molecular flexibility index (Phi) is 1.60. The molecule has 0 radical (unpaired) electrons. The highest BCUT2D eigenvalue weighted by atomic mass is 19.3. The van der Waals surface area contributed by atoms with Gasteiger partial charge in [0.2, 0.25) is 0 Å². The molecule has 0 aromatic heterocycles. The molecule has 3 nitrogen and oxygen atoms in total. The molecule has 0 bridgehead atoms. The Morgan fingerprint density at radius 2 is 2.20 bits per heavy atom. The maximum absolute atomic E-state index is 12.5. The Bertz CT molecular complexity index is 155. The average Bonchev–Trinajstić information content (AvgIpc) is 2.08. The lowest BCUT2D eigenvalue weighted by Crippen LogP contribution is -2.47. The molecule has 0 aromatic rings. The van der Waals surface area contributed by atoms with Crippen LogP contribution in [0.25, 0.3) is 0 Å². The van der Waals surface area contributed by atoms with E-state index in [9.17, 15) is 8.78 Å². The summed E-state index contributed by atoms with van der Waals surface area (Å²) in [6.07, 6.45) is -2.08. The SMILES string of the molecule is CC(C)N1NC=NC1(F)F. The minimum Gasteiger partial charge on any atom is -0.303 e. The molecule has 0 aliphatic carbocycles. The highest BCUT2D eigenvalue weighted by Crippen LogP contribution is 2.23. The second kappa shape index (κ2) is 2.16. The van der Waals surface area contributed by atoms with Gasteiger partial charge in [-0.3, -0.25) is 0 Å². The third-order valence-corrected chi connectivity index (χ3v) is 1.22. The molecule has 0 aromatic carbocycles. The second-order valence-electron chi connectivity index (χ2n) is 2.36. The summed E-state index contributed by atoms with van der Waals surface area (Å²) >= 11 is 0. The molecule has 1 aliphatic rings. The van der Waals surface area contributed by atoms with Gasteiger partial charge in [0, 0.05) is 6.04 Å². The van der Waals surface area contributed by atoms with Crippen molar-refractivity contribution in [2.24, 2.45) is 4.99 Å². The van der Waals surface area contributed by atoms with Crippen LogP contribution in [0.1, 0.15) is 13.8 Å². The van der Waals surface area contributed by atoms with E-state index in [0.717, 1.165) is 11.3 Å². The monoisotopic (exact) mass is 149 g/mol.